The van der Waals surface area contributed by atoms with E-state index in [-0.39, 0.29) is 5.78 Å². The largest absolute Gasteiger partial charge is 0.451 e. The van der Waals surface area contributed by atoms with Gasteiger partial charge in [-0.3, -0.25) is 14.6 Å². The van der Waals surface area contributed by atoms with Crippen molar-refractivity contribution >= 4 is 34.7 Å². The van der Waals surface area contributed by atoms with Crippen LogP contribution in [0.1, 0.15) is 32.6 Å². The van der Waals surface area contributed by atoms with Gasteiger partial charge in [-0.1, -0.05) is 18.2 Å². The number of hydrogen-bond donors (Lipinski definition) is 1. The number of hydrogen-bond acceptors (Lipinski definition) is 7. The molecule has 2 aromatic heterocycles. The number of amides is 1. The molecule has 28 heavy (non-hydrogen) atoms. The molecule has 0 aliphatic heterocycles. The van der Waals surface area contributed by atoms with Crippen molar-refractivity contribution in [1.29, 1.82) is 0 Å². The van der Waals surface area contributed by atoms with E-state index in [0.29, 0.717) is 32.5 Å². The molecule has 0 fully saturated rings. The van der Waals surface area contributed by atoms with Crippen LogP contribution in [0.4, 0.5) is 5.69 Å². The van der Waals surface area contributed by atoms with E-state index in [4.69, 9.17) is 4.74 Å². The van der Waals surface area contributed by atoms with E-state index in [1.54, 1.807) is 49.5 Å². The van der Waals surface area contributed by atoms with Gasteiger partial charge < -0.3 is 10.1 Å². The Morgan fingerprint density at radius 1 is 1.14 bits per heavy atom. The number of anilines is 1. The van der Waals surface area contributed by atoms with Gasteiger partial charge in [-0.05, 0) is 38.1 Å². The Morgan fingerprint density at radius 3 is 2.68 bits per heavy atom. The van der Waals surface area contributed by atoms with Crippen LogP contribution in [0.5, 0.6) is 0 Å². The number of esters is 1. The second-order valence-corrected chi connectivity index (χ2v) is 6.91. The zero-order valence-electron chi connectivity index (χ0n) is 15.3. The van der Waals surface area contributed by atoms with Crippen LogP contribution in [0.3, 0.4) is 0 Å². The lowest BCUT2D eigenvalue weighted by Crippen LogP contribution is -2.21. The van der Waals surface area contributed by atoms with E-state index in [9.17, 15) is 14.4 Å². The standard InChI is InChI=1S/C20H17N3O4S/c1-12-18(28-19(22-12)16-8-3-4-9-21-16)20(26)27-11-17(25)23-15-7-5-6-14(10-15)13(2)24/h3-10H,11H2,1-2H3,(H,23,25). The molecule has 1 N–H and O–H groups in total. The van der Waals surface area contributed by atoms with Crippen LogP contribution in [0, 0.1) is 6.92 Å². The molecule has 0 aliphatic carbocycles. The highest BCUT2D eigenvalue weighted by molar-refractivity contribution is 7.17. The van der Waals surface area contributed by atoms with Crippen molar-refractivity contribution in [1.82, 2.24) is 9.97 Å². The highest BCUT2D eigenvalue weighted by Gasteiger charge is 2.19. The lowest BCUT2D eigenvalue weighted by atomic mass is 10.1. The van der Waals surface area contributed by atoms with Crippen molar-refractivity contribution < 1.29 is 19.1 Å². The van der Waals surface area contributed by atoms with Gasteiger partial charge in [0.15, 0.2) is 12.4 Å². The summed E-state index contributed by atoms with van der Waals surface area (Å²) < 4.78 is 5.10. The van der Waals surface area contributed by atoms with E-state index in [1.165, 1.54) is 6.92 Å². The van der Waals surface area contributed by atoms with Gasteiger partial charge in [0.25, 0.3) is 5.91 Å². The molecule has 0 aliphatic rings. The summed E-state index contributed by atoms with van der Waals surface area (Å²) >= 11 is 1.16. The number of rotatable bonds is 6. The minimum absolute atomic E-state index is 0.105. The molecule has 8 heteroatoms. The third kappa shape index (κ3) is 4.66. The minimum atomic E-state index is -0.621. The Labute approximate surface area is 165 Å². The Morgan fingerprint density at radius 2 is 1.96 bits per heavy atom. The summed E-state index contributed by atoms with van der Waals surface area (Å²) in [5.41, 5.74) is 2.13. The average molecular weight is 395 g/mol. The van der Waals surface area contributed by atoms with Gasteiger partial charge in [0.1, 0.15) is 9.88 Å². The molecule has 0 saturated carbocycles. The van der Waals surface area contributed by atoms with Gasteiger partial charge in [0.2, 0.25) is 0 Å². The zero-order valence-corrected chi connectivity index (χ0v) is 16.1. The summed E-state index contributed by atoms with van der Waals surface area (Å²) in [7, 11) is 0. The van der Waals surface area contributed by atoms with Crippen LogP contribution in [0.25, 0.3) is 10.7 Å². The van der Waals surface area contributed by atoms with Gasteiger partial charge in [0.05, 0.1) is 11.4 Å². The van der Waals surface area contributed by atoms with Crippen molar-refractivity contribution in [3.63, 3.8) is 0 Å². The lowest BCUT2D eigenvalue weighted by Gasteiger charge is -2.07. The Hall–Kier alpha value is -3.39. The van der Waals surface area contributed by atoms with Gasteiger partial charge in [0, 0.05) is 17.4 Å². The molecule has 1 amide bonds. The number of nitrogens with zero attached hydrogens (tertiary/aromatic N) is 2. The Kier molecular flexibility index (Phi) is 5.90. The first kappa shape index (κ1) is 19.4. The van der Waals surface area contributed by atoms with E-state index < -0.39 is 18.5 Å². The summed E-state index contributed by atoms with van der Waals surface area (Å²) in [6, 6.07) is 12.0. The molecule has 0 unspecified atom stereocenters. The lowest BCUT2D eigenvalue weighted by molar-refractivity contribution is -0.119. The molecule has 0 atom stereocenters. The third-order valence-corrected chi connectivity index (χ3v) is 4.91. The van der Waals surface area contributed by atoms with Crippen LogP contribution >= 0.6 is 11.3 Å². The van der Waals surface area contributed by atoms with Crippen molar-refractivity contribution in [3.05, 3.63) is 64.8 Å². The quantitative estimate of drug-likeness (QED) is 0.507. The molecular formula is C20H17N3O4S. The van der Waals surface area contributed by atoms with Crippen molar-refractivity contribution in [2.45, 2.75) is 13.8 Å². The maximum absolute atomic E-state index is 12.3. The summed E-state index contributed by atoms with van der Waals surface area (Å²) in [6.07, 6.45) is 1.65. The van der Waals surface area contributed by atoms with E-state index in [0.717, 1.165) is 11.3 Å². The summed E-state index contributed by atoms with van der Waals surface area (Å²) in [5.74, 6) is -1.22. The molecule has 0 saturated heterocycles. The fourth-order valence-electron chi connectivity index (χ4n) is 2.39. The highest BCUT2D eigenvalue weighted by atomic mass is 32.1. The monoisotopic (exact) mass is 395 g/mol. The molecule has 142 valence electrons. The number of nitrogens with one attached hydrogen (secondary N) is 1. The summed E-state index contributed by atoms with van der Waals surface area (Å²) in [5, 5.41) is 3.21. The first-order valence-corrected chi connectivity index (χ1v) is 9.22. The molecule has 3 rings (SSSR count). The fourth-order valence-corrected chi connectivity index (χ4v) is 3.33. The second-order valence-electron chi connectivity index (χ2n) is 5.91. The molecule has 0 spiro atoms. The molecule has 0 bridgehead atoms. The molecule has 3 aromatic rings. The molecule has 0 radical (unpaired) electrons. The van der Waals surface area contributed by atoms with Gasteiger partial charge in [-0.15, -0.1) is 11.3 Å². The predicted octanol–water partition coefficient (Wildman–Crippen LogP) is 3.51. The number of pyridine rings is 1. The Balaban J connectivity index is 1.61. The number of aryl methyl sites for hydroxylation is 1. The van der Waals surface area contributed by atoms with Gasteiger partial charge >= 0.3 is 5.97 Å². The fraction of sp³-hybridized carbons (Fsp3) is 0.150. The number of carbonyl (C=O) groups is 3. The van der Waals surface area contributed by atoms with E-state index in [2.05, 4.69) is 15.3 Å². The van der Waals surface area contributed by atoms with Crippen LogP contribution in [-0.4, -0.2) is 34.2 Å². The molecule has 7 nitrogen and oxygen atoms in total. The smallest absolute Gasteiger partial charge is 0.350 e. The number of carbonyl (C=O) groups excluding carboxylic acids is 3. The number of benzene rings is 1. The van der Waals surface area contributed by atoms with E-state index >= 15 is 0 Å². The normalized spacial score (nSPS) is 10.4. The van der Waals surface area contributed by atoms with Crippen molar-refractivity contribution in [2.24, 2.45) is 0 Å². The number of Topliss-reactive ketones (excluding diaryl/α,β-unsaturated/α-hetero) is 1. The van der Waals surface area contributed by atoms with Crippen LogP contribution in [0.15, 0.2) is 48.7 Å². The first-order valence-electron chi connectivity index (χ1n) is 8.41. The molecule has 2 heterocycles. The minimum Gasteiger partial charge on any atom is -0.451 e. The van der Waals surface area contributed by atoms with Crippen molar-refractivity contribution in [3.8, 4) is 10.7 Å². The van der Waals surface area contributed by atoms with E-state index in [1.807, 2.05) is 6.07 Å². The number of aromatic nitrogens is 2. The molecular weight excluding hydrogens is 378 g/mol. The maximum atomic E-state index is 12.3. The summed E-state index contributed by atoms with van der Waals surface area (Å²) in [6.45, 7) is 2.70. The maximum Gasteiger partial charge on any atom is 0.350 e. The zero-order chi connectivity index (χ0) is 20.1. The first-order chi connectivity index (χ1) is 13.4. The van der Waals surface area contributed by atoms with Crippen molar-refractivity contribution in [2.75, 3.05) is 11.9 Å². The predicted molar refractivity (Wildman–Crippen MR) is 105 cm³/mol. The highest BCUT2D eigenvalue weighted by Crippen LogP contribution is 2.26. The topological polar surface area (TPSA) is 98.2 Å². The summed E-state index contributed by atoms with van der Waals surface area (Å²) in [4.78, 5) is 44.6. The number of ketones is 1. The third-order valence-electron chi connectivity index (χ3n) is 3.75. The van der Waals surface area contributed by atoms with Gasteiger partial charge in [-0.25, -0.2) is 9.78 Å². The second kappa shape index (κ2) is 8.53. The van der Waals surface area contributed by atoms with Gasteiger partial charge in [-0.2, -0.15) is 0 Å². The van der Waals surface area contributed by atoms with Crippen LogP contribution in [0.2, 0.25) is 0 Å². The number of ether oxygens (including phenoxy) is 1. The average Bonchev–Trinajstić information content (AvgIpc) is 3.09. The number of thiazole rings is 1. The van der Waals surface area contributed by atoms with Crippen LogP contribution < -0.4 is 5.32 Å². The molecule has 1 aromatic carbocycles. The van der Waals surface area contributed by atoms with Crippen LogP contribution in [-0.2, 0) is 9.53 Å². The Bertz CT molecular complexity index is 1030. The SMILES string of the molecule is CC(=O)c1cccc(NC(=O)COC(=O)c2sc(-c3ccccn3)nc2C)c1.